The first-order valence-electron chi connectivity index (χ1n) is 19.7. The Hall–Kier alpha value is -6.06. The Labute approximate surface area is 331 Å². The molecule has 1 saturated carbocycles. The summed E-state index contributed by atoms with van der Waals surface area (Å²) in [4.78, 5) is 89.8. The molecule has 0 unspecified atom stereocenters. The van der Waals surface area contributed by atoms with Crippen molar-refractivity contribution in [2.45, 2.75) is 108 Å². The molecule has 1 aliphatic heterocycles. The summed E-state index contributed by atoms with van der Waals surface area (Å²) in [6.07, 6.45) is 16.2. The summed E-state index contributed by atoms with van der Waals surface area (Å²) in [5.41, 5.74) is 8.10. The quantitative estimate of drug-likeness (QED) is 0.0724. The van der Waals surface area contributed by atoms with E-state index >= 15 is 0 Å². The number of aromatic nitrogens is 2. The average molecular weight is 784 g/mol. The van der Waals surface area contributed by atoms with Crippen LogP contribution in [0.15, 0.2) is 76.5 Å². The molecule has 2 aliphatic carbocycles. The van der Waals surface area contributed by atoms with Crippen molar-refractivity contribution >= 4 is 58.7 Å². The van der Waals surface area contributed by atoms with E-state index in [1.165, 1.54) is 6.08 Å². The number of hydrogen-bond donors (Lipinski definition) is 8. The highest BCUT2D eigenvalue weighted by Crippen LogP contribution is 2.28. The molecule has 16 nitrogen and oxygen atoms in total. The maximum atomic E-state index is 14.0. The lowest BCUT2D eigenvalue weighted by Crippen LogP contribution is -2.62. The Morgan fingerprint density at radius 3 is 2.44 bits per heavy atom. The molecule has 0 spiro atoms. The van der Waals surface area contributed by atoms with Gasteiger partial charge in [-0.05, 0) is 94.1 Å². The van der Waals surface area contributed by atoms with Gasteiger partial charge in [-0.3, -0.25) is 33.8 Å². The Morgan fingerprint density at radius 2 is 1.70 bits per heavy atom. The molecule has 0 bridgehead atoms. The van der Waals surface area contributed by atoms with E-state index in [2.05, 4.69) is 41.5 Å². The first kappa shape index (κ1) is 42.1. The van der Waals surface area contributed by atoms with E-state index in [-0.39, 0.29) is 31.6 Å². The number of amides is 5. The topological polar surface area (TPSA) is 250 Å². The molecule has 16 heteroatoms. The van der Waals surface area contributed by atoms with Gasteiger partial charge in [0, 0.05) is 43.1 Å². The van der Waals surface area contributed by atoms with Crippen molar-refractivity contribution < 1.29 is 33.9 Å². The number of nitrogens with one attached hydrogen (secondary N) is 6. The normalized spacial score (nSPS) is 17.4. The van der Waals surface area contributed by atoms with E-state index in [4.69, 9.17) is 5.73 Å². The van der Waals surface area contributed by atoms with Crippen LogP contribution in [-0.4, -0.2) is 87.5 Å². The molecule has 2 atom stereocenters. The van der Waals surface area contributed by atoms with Crippen LogP contribution < -0.4 is 32.3 Å². The van der Waals surface area contributed by atoms with Gasteiger partial charge in [-0.25, -0.2) is 4.98 Å². The van der Waals surface area contributed by atoms with E-state index in [0.29, 0.717) is 69.4 Å². The number of dihydropyridines is 1. The zero-order valence-electron chi connectivity index (χ0n) is 32.1. The SMILES string of the molecule is NC(=O)C1(NC(=O)[C@@H](CCCC(=O)O)NC(=O)[C@@H](CCCCNC(=O)/C=C/C2=CCCN=C2)NC(=O)C2=CCCC(Nc3nc4ccccc4[nH]3)=C2)CCCCC1. The molecule has 0 saturated heterocycles. The summed E-state index contributed by atoms with van der Waals surface area (Å²) in [6.45, 7) is 1.05. The standard InChI is InChI=1S/C41H53N9O7/c42-39(57)41(21-5-1-6-22-41)50-38(56)33(17-9-18-35(52)53)47-37(55)32(16-4-7-24-44-34(51)20-19-27-11-10-23-43-26-27)46-36(54)28-12-8-13-29(25-28)45-40-48-30-14-2-3-15-31(30)49-40/h2-3,11-12,14-15,19-20,25-26,32-33H,1,4-10,13,16-18,21-24H2,(H2,42,57)(H,44,51)(H,46,54)(H,47,55)(H,50,56)(H,52,53)(H2,45,48,49)/b20-19+/t32-,33-/m1/s1. The molecule has 57 heavy (non-hydrogen) atoms. The minimum absolute atomic E-state index is 0.0214. The summed E-state index contributed by atoms with van der Waals surface area (Å²) in [6, 6.07) is 5.31. The highest BCUT2D eigenvalue weighted by atomic mass is 16.4. The van der Waals surface area contributed by atoms with Crippen molar-refractivity contribution in [1.82, 2.24) is 31.2 Å². The van der Waals surface area contributed by atoms with Gasteiger partial charge in [0.2, 0.25) is 29.6 Å². The third kappa shape index (κ3) is 12.7. The van der Waals surface area contributed by atoms with Crippen LogP contribution in [0, 0.1) is 0 Å². The van der Waals surface area contributed by atoms with Crippen molar-refractivity contribution in [1.29, 1.82) is 0 Å². The smallest absolute Gasteiger partial charge is 0.303 e. The van der Waals surface area contributed by atoms with E-state index in [1.807, 2.05) is 30.3 Å². The van der Waals surface area contributed by atoms with Crippen molar-refractivity contribution in [3.63, 3.8) is 0 Å². The number of primary amides is 1. The molecule has 3 aliphatic rings. The third-order valence-electron chi connectivity index (χ3n) is 10.2. The molecular formula is C41H53N9O7. The maximum absolute atomic E-state index is 14.0. The van der Waals surface area contributed by atoms with Gasteiger partial charge in [-0.15, -0.1) is 0 Å². The fraction of sp³-hybridized carbons (Fsp3) is 0.463. The van der Waals surface area contributed by atoms with Crippen LogP contribution in [0.3, 0.4) is 0 Å². The Bertz CT molecular complexity index is 1920. The highest BCUT2D eigenvalue weighted by Gasteiger charge is 2.41. The molecule has 2 heterocycles. The van der Waals surface area contributed by atoms with Gasteiger partial charge in [0.15, 0.2) is 0 Å². The number of aromatic amines is 1. The number of allylic oxidation sites excluding steroid dienone is 4. The second-order valence-corrected chi connectivity index (χ2v) is 14.6. The van der Waals surface area contributed by atoms with Crippen molar-refractivity contribution in [2.24, 2.45) is 10.7 Å². The third-order valence-corrected chi connectivity index (χ3v) is 10.2. The predicted octanol–water partition coefficient (Wildman–Crippen LogP) is 3.35. The summed E-state index contributed by atoms with van der Waals surface area (Å²) >= 11 is 0. The van der Waals surface area contributed by atoms with Gasteiger partial charge in [-0.1, -0.05) is 43.5 Å². The Morgan fingerprint density at radius 1 is 0.930 bits per heavy atom. The highest BCUT2D eigenvalue weighted by molar-refractivity contribution is 6.00. The molecule has 5 amide bonds. The minimum Gasteiger partial charge on any atom is -0.481 e. The number of carbonyl (C=O) groups is 6. The van der Waals surface area contributed by atoms with Gasteiger partial charge in [-0.2, -0.15) is 0 Å². The number of carboxylic acid groups (broad SMARTS) is 1. The lowest BCUT2D eigenvalue weighted by atomic mass is 9.80. The first-order valence-corrected chi connectivity index (χ1v) is 19.7. The van der Waals surface area contributed by atoms with E-state index in [0.717, 1.165) is 41.7 Å². The number of aliphatic imine (C=N–C) groups is 1. The van der Waals surface area contributed by atoms with Crippen LogP contribution >= 0.6 is 0 Å². The second-order valence-electron chi connectivity index (χ2n) is 14.6. The molecule has 1 aromatic heterocycles. The van der Waals surface area contributed by atoms with Crippen LogP contribution in [0.1, 0.15) is 89.9 Å². The summed E-state index contributed by atoms with van der Waals surface area (Å²) in [5, 5.41) is 23.7. The molecule has 1 fully saturated rings. The molecule has 9 N–H and O–H groups in total. The number of fused-ring (bicyclic) bond motifs is 1. The summed E-state index contributed by atoms with van der Waals surface area (Å²) in [7, 11) is 0. The van der Waals surface area contributed by atoms with Crippen molar-refractivity contribution in [3.8, 4) is 0 Å². The lowest BCUT2D eigenvalue weighted by molar-refractivity contribution is -0.138. The van der Waals surface area contributed by atoms with Crippen molar-refractivity contribution in [2.75, 3.05) is 18.4 Å². The van der Waals surface area contributed by atoms with E-state index < -0.39 is 47.2 Å². The number of benzene rings is 1. The monoisotopic (exact) mass is 783 g/mol. The van der Waals surface area contributed by atoms with Crippen LogP contribution in [0.4, 0.5) is 5.95 Å². The number of H-pyrrole nitrogens is 1. The van der Waals surface area contributed by atoms with Crippen LogP contribution in [0.25, 0.3) is 11.0 Å². The van der Waals surface area contributed by atoms with Gasteiger partial charge >= 0.3 is 5.97 Å². The molecule has 2 aromatic rings. The van der Waals surface area contributed by atoms with Gasteiger partial charge in [0.25, 0.3) is 5.91 Å². The van der Waals surface area contributed by atoms with E-state index in [9.17, 15) is 33.9 Å². The fourth-order valence-electron chi connectivity index (χ4n) is 7.10. The number of carboxylic acids is 1. The zero-order chi connectivity index (χ0) is 40.6. The van der Waals surface area contributed by atoms with Crippen LogP contribution in [0.5, 0.6) is 0 Å². The molecule has 304 valence electrons. The molecule has 1 aromatic carbocycles. The number of aliphatic carboxylic acids is 1. The number of unbranched alkanes of at least 4 members (excludes halogenated alkanes) is 1. The number of nitrogens with two attached hydrogens (primary N) is 1. The lowest BCUT2D eigenvalue weighted by Gasteiger charge is -2.36. The molecule has 5 rings (SSSR count). The largest absolute Gasteiger partial charge is 0.481 e. The molecular weight excluding hydrogens is 731 g/mol. The second kappa shape index (κ2) is 20.7. The number of carbonyl (C=O) groups excluding carboxylic acids is 5. The number of hydrogen-bond acceptors (Lipinski definition) is 9. The van der Waals surface area contributed by atoms with Gasteiger partial charge in [0.1, 0.15) is 17.6 Å². The van der Waals surface area contributed by atoms with Gasteiger partial charge < -0.3 is 42.4 Å². The number of para-hydroxylation sites is 2. The number of imidazole rings is 1. The number of rotatable bonds is 20. The Balaban J connectivity index is 1.26. The minimum atomic E-state index is -1.27. The average Bonchev–Trinajstić information content (AvgIpc) is 3.62. The summed E-state index contributed by atoms with van der Waals surface area (Å²) in [5.74, 6) is -3.26. The number of anilines is 1. The zero-order valence-corrected chi connectivity index (χ0v) is 32.1. The summed E-state index contributed by atoms with van der Waals surface area (Å²) < 4.78 is 0. The predicted molar refractivity (Wildman–Crippen MR) is 216 cm³/mol. The number of nitrogens with zero attached hydrogens (tertiary/aromatic N) is 2. The van der Waals surface area contributed by atoms with Crippen molar-refractivity contribution in [3.05, 3.63) is 71.5 Å². The maximum Gasteiger partial charge on any atom is 0.303 e. The van der Waals surface area contributed by atoms with Gasteiger partial charge in [0.05, 0.1) is 11.0 Å². The van der Waals surface area contributed by atoms with Crippen LogP contribution in [0.2, 0.25) is 0 Å². The Kier molecular flexibility index (Phi) is 15.3. The molecule has 0 radical (unpaired) electrons. The first-order chi connectivity index (χ1) is 27.5. The fourth-order valence-corrected chi connectivity index (χ4v) is 7.10. The van der Waals surface area contributed by atoms with Crippen LogP contribution in [-0.2, 0) is 28.8 Å². The van der Waals surface area contributed by atoms with E-state index in [1.54, 1.807) is 24.4 Å².